The lowest BCUT2D eigenvalue weighted by Crippen LogP contribution is -2.15. The third kappa shape index (κ3) is 1.34. The Kier molecular flexibility index (Phi) is 2.16. The van der Waals surface area contributed by atoms with Gasteiger partial charge < -0.3 is 5.73 Å². The maximum Gasteiger partial charge on any atom is 0.0134 e. The van der Waals surface area contributed by atoms with Crippen molar-refractivity contribution in [3.8, 4) is 0 Å². The summed E-state index contributed by atoms with van der Waals surface area (Å²) in [4.78, 5) is 0. The van der Waals surface area contributed by atoms with Gasteiger partial charge in [-0.2, -0.15) is 0 Å². The van der Waals surface area contributed by atoms with Gasteiger partial charge >= 0.3 is 0 Å². The van der Waals surface area contributed by atoms with Gasteiger partial charge in [0.1, 0.15) is 0 Å². The van der Waals surface area contributed by atoms with Crippen LogP contribution in [0.25, 0.3) is 0 Å². The Morgan fingerprint density at radius 2 is 1.94 bits per heavy atom. The highest BCUT2D eigenvalue weighted by atomic mass is 14.8. The Balaban J connectivity index is 1.95. The van der Waals surface area contributed by atoms with E-state index in [1.165, 1.54) is 19.3 Å². The average molecular weight is 215 g/mol. The van der Waals surface area contributed by atoms with Gasteiger partial charge in [-0.15, -0.1) is 0 Å². The van der Waals surface area contributed by atoms with Crippen molar-refractivity contribution in [3.05, 3.63) is 35.4 Å². The lowest BCUT2D eigenvalue weighted by molar-refractivity contribution is 0.433. The van der Waals surface area contributed by atoms with Crippen molar-refractivity contribution in [1.29, 1.82) is 0 Å². The summed E-state index contributed by atoms with van der Waals surface area (Å²) < 4.78 is 0. The fraction of sp³-hybridized carbons (Fsp3) is 0.600. The highest BCUT2D eigenvalue weighted by molar-refractivity contribution is 5.36. The summed E-state index contributed by atoms with van der Waals surface area (Å²) in [5.74, 6) is 1.42. The van der Waals surface area contributed by atoms with E-state index in [0.717, 1.165) is 5.92 Å². The van der Waals surface area contributed by atoms with Crippen molar-refractivity contribution in [2.75, 3.05) is 0 Å². The van der Waals surface area contributed by atoms with Crippen LogP contribution in [0.2, 0.25) is 0 Å². The SMILES string of the molecule is CC1(C)C(N)C1C1CCCc2ccccc21. The molecule has 0 radical (unpaired) electrons. The minimum Gasteiger partial charge on any atom is -0.327 e. The minimum absolute atomic E-state index is 0.356. The molecule has 0 bridgehead atoms. The standard InChI is InChI=1S/C15H21N/c1-15(2)13(14(15)16)12-9-5-7-10-6-3-4-8-11(10)12/h3-4,6,8,12-14H,5,7,9,16H2,1-2H3. The molecule has 1 heteroatoms. The quantitative estimate of drug-likeness (QED) is 0.765. The Bertz CT molecular complexity index is 408. The Morgan fingerprint density at radius 1 is 1.25 bits per heavy atom. The second-order valence-electron chi connectivity index (χ2n) is 6.07. The van der Waals surface area contributed by atoms with E-state index in [0.29, 0.717) is 17.4 Å². The van der Waals surface area contributed by atoms with Crippen molar-refractivity contribution in [2.24, 2.45) is 17.1 Å². The molecule has 1 aromatic carbocycles. The molecule has 0 aromatic heterocycles. The van der Waals surface area contributed by atoms with Crippen LogP contribution in [0.1, 0.15) is 43.7 Å². The topological polar surface area (TPSA) is 26.0 Å². The van der Waals surface area contributed by atoms with Gasteiger partial charge in [0.2, 0.25) is 0 Å². The van der Waals surface area contributed by atoms with Crippen LogP contribution in [0.5, 0.6) is 0 Å². The second kappa shape index (κ2) is 3.33. The molecule has 0 heterocycles. The first-order valence-corrected chi connectivity index (χ1v) is 6.46. The number of hydrogen-bond donors (Lipinski definition) is 1. The fourth-order valence-corrected chi connectivity index (χ4v) is 3.65. The number of fused-ring (bicyclic) bond motifs is 1. The van der Waals surface area contributed by atoms with E-state index in [2.05, 4.69) is 38.1 Å². The predicted molar refractivity (Wildman–Crippen MR) is 67.4 cm³/mol. The number of benzene rings is 1. The first kappa shape index (κ1) is 10.3. The predicted octanol–water partition coefficient (Wildman–Crippen LogP) is 3.09. The molecule has 3 unspecified atom stereocenters. The molecule has 1 saturated carbocycles. The lowest BCUT2D eigenvalue weighted by Gasteiger charge is -2.26. The number of rotatable bonds is 1. The van der Waals surface area contributed by atoms with Gasteiger partial charge in [0.25, 0.3) is 0 Å². The van der Waals surface area contributed by atoms with Gasteiger partial charge in [0.15, 0.2) is 0 Å². The highest BCUT2D eigenvalue weighted by Crippen LogP contribution is 2.59. The fourth-order valence-electron chi connectivity index (χ4n) is 3.65. The number of aryl methyl sites for hydroxylation is 1. The average Bonchev–Trinajstić information content (AvgIpc) is 2.77. The van der Waals surface area contributed by atoms with Crippen LogP contribution >= 0.6 is 0 Å². The van der Waals surface area contributed by atoms with E-state index < -0.39 is 0 Å². The van der Waals surface area contributed by atoms with Gasteiger partial charge in [-0.25, -0.2) is 0 Å². The second-order valence-corrected chi connectivity index (χ2v) is 6.07. The summed E-state index contributed by atoms with van der Waals surface area (Å²) in [7, 11) is 0. The molecule has 1 aromatic rings. The Hall–Kier alpha value is -0.820. The van der Waals surface area contributed by atoms with Crippen molar-refractivity contribution >= 4 is 0 Å². The van der Waals surface area contributed by atoms with Gasteiger partial charge in [-0.3, -0.25) is 0 Å². The molecule has 3 rings (SSSR count). The van der Waals surface area contributed by atoms with Crippen molar-refractivity contribution in [1.82, 2.24) is 0 Å². The van der Waals surface area contributed by atoms with Crippen LogP contribution in [0.3, 0.4) is 0 Å². The van der Waals surface area contributed by atoms with Crippen LogP contribution in [0, 0.1) is 11.3 Å². The molecular weight excluding hydrogens is 194 g/mol. The zero-order chi connectivity index (χ0) is 11.3. The third-order valence-electron chi connectivity index (χ3n) is 4.85. The minimum atomic E-state index is 0.356. The normalized spacial score (nSPS) is 35.6. The molecule has 16 heavy (non-hydrogen) atoms. The zero-order valence-electron chi connectivity index (χ0n) is 10.2. The monoisotopic (exact) mass is 215 g/mol. The zero-order valence-corrected chi connectivity index (χ0v) is 10.2. The van der Waals surface area contributed by atoms with E-state index in [1.807, 2.05) is 0 Å². The largest absolute Gasteiger partial charge is 0.327 e. The molecule has 2 N–H and O–H groups in total. The Morgan fingerprint density at radius 3 is 2.62 bits per heavy atom. The summed E-state index contributed by atoms with van der Waals surface area (Å²) in [5.41, 5.74) is 9.74. The summed E-state index contributed by atoms with van der Waals surface area (Å²) in [6, 6.07) is 9.36. The first-order chi connectivity index (χ1) is 7.62. The molecule has 2 aliphatic rings. The van der Waals surface area contributed by atoms with Gasteiger partial charge in [-0.05, 0) is 47.6 Å². The number of hydrogen-bond acceptors (Lipinski definition) is 1. The summed E-state index contributed by atoms with van der Waals surface area (Å²) in [5, 5.41) is 0. The van der Waals surface area contributed by atoms with Gasteiger partial charge in [0.05, 0.1) is 0 Å². The molecule has 0 amide bonds. The van der Waals surface area contributed by atoms with Gasteiger partial charge in [0, 0.05) is 6.04 Å². The van der Waals surface area contributed by atoms with Crippen LogP contribution in [-0.4, -0.2) is 6.04 Å². The van der Waals surface area contributed by atoms with E-state index in [4.69, 9.17) is 5.73 Å². The molecule has 0 saturated heterocycles. The van der Waals surface area contributed by atoms with Crippen LogP contribution in [-0.2, 0) is 6.42 Å². The molecule has 86 valence electrons. The van der Waals surface area contributed by atoms with Crippen LogP contribution in [0.15, 0.2) is 24.3 Å². The molecule has 1 nitrogen and oxygen atoms in total. The third-order valence-corrected chi connectivity index (χ3v) is 4.85. The summed E-state index contributed by atoms with van der Waals surface area (Å²) >= 11 is 0. The number of nitrogens with two attached hydrogens (primary N) is 1. The maximum atomic E-state index is 6.23. The van der Waals surface area contributed by atoms with Crippen molar-refractivity contribution < 1.29 is 0 Å². The van der Waals surface area contributed by atoms with E-state index in [1.54, 1.807) is 11.1 Å². The van der Waals surface area contributed by atoms with Crippen molar-refractivity contribution in [3.63, 3.8) is 0 Å². The highest BCUT2D eigenvalue weighted by Gasteiger charge is 2.59. The van der Waals surface area contributed by atoms with E-state index >= 15 is 0 Å². The molecule has 0 spiro atoms. The molecule has 1 fully saturated rings. The Labute approximate surface area is 98.0 Å². The smallest absolute Gasteiger partial charge is 0.0134 e. The van der Waals surface area contributed by atoms with E-state index in [-0.39, 0.29) is 0 Å². The summed E-state index contributed by atoms with van der Waals surface area (Å²) in [6.07, 6.45) is 3.93. The maximum absolute atomic E-state index is 6.23. The van der Waals surface area contributed by atoms with E-state index in [9.17, 15) is 0 Å². The molecule has 2 aliphatic carbocycles. The van der Waals surface area contributed by atoms with Gasteiger partial charge in [-0.1, -0.05) is 38.1 Å². The van der Waals surface area contributed by atoms with Crippen molar-refractivity contribution in [2.45, 2.75) is 45.1 Å². The van der Waals surface area contributed by atoms with Crippen LogP contribution < -0.4 is 5.73 Å². The molecule has 3 atom stereocenters. The lowest BCUT2D eigenvalue weighted by atomic mass is 9.78. The molecule has 0 aliphatic heterocycles. The molecular formula is C15H21N. The van der Waals surface area contributed by atoms with Crippen LogP contribution in [0.4, 0.5) is 0 Å². The first-order valence-electron chi connectivity index (χ1n) is 6.46. The summed E-state index contributed by atoms with van der Waals surface area (Å²) in [6.45, 7) is 4.64.